The Hall–Kier alpha value is -2.09. The SMILES string of the molecule is CCCCCCCCCC(=O)OC[C@@]1(C)[C@@H]2[C@H]3C(COC(C)=O)=CO[C@H](OC(C)=O)[C@H]3[C@@]3(CC[C@@H]21)CO3. The van der Waals surface area contributed by atoms with Crippen LogP contribution >= 0.6 is 0 Å². The summed E-state index contributed by atoms with van der Waals surface area (Å²) >= 11 is 0. The molecule has 4 aliphatic rings. The van der Waals surface area contributed by atoms with E-state index in [2.05, 4.69) is 13.8 Å². The number of carbonyl (C=O) groups excluding carboxylic acids is 3. The summed E-state index contributed by atoms with van der Waals surface area (Å²) in [6, 6.07) is 0. The summed E-state index contributed by atoms with van der Waals surface area (Å²) in [5.74, 6) is -0.625. The van der Waals surface area contributed by atoms with Crippen molar-refractivity contribution >= 4 is 17.9 Å². The van der Waals surface area contributed by atoms with Crippen molar-refractivity contribution in [2.24, 2.45) is 29.1 Å². The van der Waals surface area contributed by atoms with Crippen molar-refractivity contribution in [3.05, 3.63) is 11.8 Å². The lowest BCUT2D eigenvalue weighted by Gasteiger charge is -2.40. The fourth-order valence-corrected chi connectivity index (χ4v) is 6.93. The molecule has 8 nitrogen and oxygen atoms in total. The first-order chi connectivity index (χ1) is 17.7. The van der Waals surface area contributed by atoms with Gasteiger partial charge in [-0.05, 0) is 31.1 Å². The van der Waals surface area contributed by atoms with Gasteiger partial charge in [-0.25, -0.2) is 0 Å². The number of unbranched alkanes of at least 4 members (excludes halogenated alkanes) is 6. The molecule has 1 saturated heterocycles. The highest BCUT2D eigenvalue weighted by Gasteiger charge is 2.74. The van der Waals surface area contributed by atoms with E-state index in [1.807, 2.05) is 0 Å². The molecule has 0 aromatic rings. The standard InChI is InChI=1S/C29H44O8/c1-5-6-7-8-9-10-11-12-23(32)35-17-28(4)22-13-14-29(18-36-29)26-24(25(22)28)21(15-33-19(2)30)16-34-27(26)37-20(3)31/h16,22,24-27H,5-15,17-18H2,1-4H3/t22-,24+,25-,26-,27+,28+,29+/m0/s1. The third-order valence-corrected chi connectivity index (χ3v) is 9.04. The highest BCUT2D eigenvalue weighted by atomic mass is 16.7. The van der Waals surface area contributed by atoms with E-state index in [0.717, 1.165) is 31.3 Å². The second-order valence-corrected chi connectivity index (χ2v) is 11.7. The van der Waals surface area contributed by atoms with Crippen LogP contribution in [0.1, 0.15) is 91.9 Å². The van der Waals surface area contributed by atoms with Gasteiger partial charge in [0.15, 0.2) is 0 Å². The molecular formula is C29H44O8. The van der Waals surface area contributed by atoms with Gasteiger partial charge in [0.2, 0.25) is 6.29 Å². The highest BCUT2D eigenvalue weighted by Crippen LogP contribution is 2.72. The van der Waals surface area contributed by atoms with Gasteiger partial charge in [0.25, 0.3) is 0 Å². The van der Waals surface area contributed by atoms with Crippen LogP contribution in [0.25, 0.3) is 0 Å². The molecule has 208 valence electrons. The Morgan fingerprint density at radius 1 is 1.00 bits per heavy atom. The van der Waals surface area contributed by atoms with E-state index in [0.29, 0.717) is 25.6 Å². The minimum atomic E-state index is -0.755. The van der Waals surface area contributed by atoms with Gasteiger partial charge in [-0.15, -0.1) is 0 Å². The van der Waals surface area contributed by atoms with E-state index < -0.39 is 17.9 Å². The van der Waals surface area contributed by atoms with Crippen LogP contribution in [-0.4, -0.2) is 49.6 Å². The predicted octanol–water partition coefficient (Wildman–Crippen LogP) is 5.08. The van der Waals surface area contributed by atoms with Crippen LogP contribution in [0.4, 0.5) is 0 Å². The predicted molar refractivity (Wildman–Crippen MR) is 135 cm³/mol. The lowest BCUT2D eigenvalue weighted by Crippen LogP contribution is -2.47. The molecular weight excluding hydrogens is 476 g/mol. The lowest BCUT2D eigenvalue weighted by molar-refractivity contribution is -0.193. The van der Waals surface area contributed by atoms with Gasteiger partial charge >= 0.3 is 17.9 Å². The van der Waals surface area contributed by atoms with E-state index in [4.69, 9.17) is 23.7 Å². The molecule has 0 bridgehead atoms. The van der Waals surface area contributed by atoms with E-state index in [1.165, 1.54) is 46.0 Å². The third kappa shape index (κ3) is 6.32. The molecule has 2 heterocycles. The maximum Gasteiger partial charge on any atom is 0.305 e. The zero-order chi connectivity index (χ0) is 26.6. The first kappa shape index (κ1) is 27.9. The monoisotopic (exact) mass is 520 g/mol. The van der Waals surface area contributed by atoms with Gasteiger partial charge < -0.3 is 23.7 Å². The van der Waals surface area contributed by atoms with Crippen LogP contribution in [0.2, 0.25) is 0 Å². The lowest BCUT2D eigenvalue weighted by atomic mass is 9.71. The van der Waals surface area contributed by atoms with Crippen LogP contribution in [0.15, 0.2) is 11.8 Å². The molecule has 2 aliphatic heterocycles. The Kier molecular flexibility index (Phi) is 8.87. The second kappa shape index (κ2) is 11.7. The van der Waals surface area contributed by atoms with Crippen LogP contribution in [0, 0.1) is 29.1 Å². The fraction of sp³-hybridized carbons (Fsp3) is 0.828. The first-order valence-corrected chi connectivity index (χ1v) is 14.2. The summed E-state index contributed by atoms with van der Waals surface area (Å²) in [6.45, 7) is 8.25. The van der Waals surface area contributed by atoms with Gasteiger partial charge in [-0.1, -0.05) is 52.4 Å². The molecule has 0 N–H and O–H groups in total. The van der Waals surface area contributed by atoms with Gasteiger partial charge in [-0.3, -0.25) is 14.4 Å². The summed E-state index contributed by atoms with van der Waals surface area (Å²) in [6.07, 6.45) is 11.2. The number of fused-ring (bicyclic) bond motifs is 4. The molecule has 3 fully saturated rings. The molecule has 2 aliphatic carbocycles. The quantitative estimate of drug-likeness (QED) is 0.143. The van der Waals surface area contributed by atoms with Crippen molar-refractivity contribution in [2.45, 2.75) is 104 Å². The van der Waals surface area contributed by atoms with Crippen LogP contribution in [-0.2, 0) is 38.1 Å². The van der Waals surface area contributed by atoms with Crippen molar-refractivity contribution in [2.75, 3.05) is 19.8 Å². The number of epoxide rings is 1. The minimum absolute atomic E-state index is 0.0562. The number of esters is 3. The van der Waals surface area contributed by atoms with Gasteiger partial charge in [0.1, 0.15) is 12.2 Å². The number of hydrogen-bond acceptors (Lipinski definition) is 8. The maximum atomic E-state index is 12.5. The normalized spacial score (nSPS) is 35.2. The van der Waals surface area contributed by atoms with E-state index >= 15 is 0 Å². The van der Waals surface area contributed by atoms with Crippen molar-refractivity contribution in [3.8, 4) is 0 Å². The molecule has 2 saturated carbocycles. The molecule has 8 heteroatoms. The maximum absolute atomic E-state index is 12.5. The van der Waals surface area contributed by atoms with Gasteiger partial charge in [-0.2, -0.15) is 0 Å². The molecule has 0 unspecified atom stereocenters. The largest absolute Gasteiger partial charge is 0.465 e. The zero-order valence-electron chi connectivity index (χ0n) is 22.9. The Labute approximate surface area is 220 Å². The van der Waals surface area contributed by atoms with Gasteiger partial charge in [0, 0.05) is 37.2 Å². The Morgan fingerprint density at radius 2 is 1.70 bits per heavy atom. The molecule has 0 radical (unpaired) electrons. The summed E-state index contributed by atoms with van der Waals surface area (Å²) in [4.78, 5) is 36.0. The molecule has 7 atom stereocenters. The molecule has 1 spiro atoms. The summed E-state index contributed by atoms with van der Waals surface area (Å²) in [7, 11) is 0. The molecule has 0 amide bonds. The van der Waals surface area contributed by atoms with Crippen LogP contribution in [0.3, 0.4) is 0 Å². The molecule has 37 heavy (non-hydrogen) atoms. The van der Waals surface area contributed by atoms with Crippen LogP contribution < -0.4 is 0 Å². The number of carbonyl (C=O) groups is 3. The molecule has 0 aromatic heterocycles. The molecule has 0 aromatic carbocycles. The average Bonchev–Trinajstić information content (AvgIpc) is 3.75. The Bertz CT molecular complexity index is 877. The highest BCUT2D eigenvalue weighted by molar-refractivity contribution is 5.69. The summed E-state index contributed by atoms with van der Waals surface area (Å²) in [5.41, 5.74) is 0.277. The Morgan fingerprint density at radius 3 is 2.35 bits per heavy atom. The number of ether oxygens (including phenoxy) is 5. The third-order valence-electron chi connectivity index (χ3n) is 9.04. The fourth-order valence-electron chi connectivity index (χ4n) is 6.93. The van der Waals surface area contributed by atoms with E-state index in [-0.39, 0.29) is 41.7 Å². The van der Waals surface area contributed by atoms with Gasteiger partial charge in [0.05, 0.1) is 25.4 Å². The second-order valence-electron chi connectivity index (χ2n) is 11.7. The van der Waals surface area contributed by atoms with Crippen molar-refractivity contribution < 1.29 is 38.1 Å². The average molecular weight is 521 g/mol. The van der Waals surface area contributed by atoms with Crippen molar-refractivity contribution in [1.29, 1.82) is 0 Å². The Balaban J connectivity index is 1.40. The minimum Gasteiger partial charge on any atom is -0.465 e. The van der Waals surface area contributed by atoms with E-state index in [1.54, 1.807) is 6.26 Å². The smallest absolute Gasteiger partial charge is 0.305 e. The van der Waals surface area contributed by atoms with Crippen molar-refractivity contribution in [1.82, 2.24) is 0 Å². The zero-order valence-corrected chi connectivity index (χ0v) is 22.9. The summed E-state index contributed by atoms with van der Waals surface area (Å²) in [5, 5.41) is 0. The topological polar surface area (TPSA) is 101 Å². The summed E-state index contributed by atoms with van der Waals surface area (Å²) < 4.78 is 28.7. The van der Waals surface area contributed by atoms with E-state index in [9.17, 15) is 14.4 Å². The number of rotatable bonds is 13. The first-order valence-electron chi connectivity index (χ1n) is 14.2. The van der Waals surface area contributed by atoms with Crippen molar-refractivity contribution in [3.63, 3.8) is 0 Å². The van der Waals surface area contributed by atoms with Crippen LogP contribution in [0.5, 0.6) is 0 Å². The molecule has 4 rings (SSSR count). The number of hydrogen-bond donors (Lipinski definition) is 0.